The van der Waals surface area contributed by atoms with Gasteiger partial charge in [-0.25, -0.2) is 9.18 Å². The lowest BCUT2D eigenvalue weighted by Gasteiger charge is -2.57. The third-order valence-electron chi connectivity index (χ3n) is 7.48. The molecule has 188 valence electrons. The lowest BCUT2D eigenvalue weighted by Crippen LogP contribution is -2.68. The van der Waals surface area contributed by atoms with Crippen LogP contribution in [0.25, 0.3) is 11.1 Å². The molecule has 3 aromatic carbocycles. The fourth-order valence-electron chi connectivity index (χ4n) is 5.58. The first-order valence-electron chi connectivity index (χ1n) is 12.5. The first-order valence-corrected chi connectivity index (χ1v) is 12.5. The van der Waals surface area contributed by atoms with Crippen molar-refractivity contribution in [3.63, 3.8) is 0 Å². The van der Waals surface area contributed by atoms with Crippen molar-refractivity contribution in [3.8, 4) is 16.9 Å². The molecule has 2 aliphatic rings. The van der Waals surface area contributed by atoms with Crippen molar-refractivity contribution >= 4 is 11.7 Å². The molecule has 2 fully saturated rings. The van der Waals surface area contributed by atoms with Crippen LogP contribution < -0.4 is 10.1 Å². The number of hydrogen-bond donors (Lipinski definition) is 2. The quantitative estimate of drug-likeness (QED) is 0.532. The zero-order valence-electron chi connectivity index (χ0n) is 20.4. The minimum absolute atomic E-state index is 0.0129. The van der Waals surface area contributed by atoms with E-state index in [-0.39, 0.29) is 36.5 Å². The highest BCUT2D eigenvalue weighted by atomic mass is 19.1. The Hall–Kier alpha value is -3.42. The van der Waals surface area contributed by atoms with E-state index in [1.54, 1.807) is 19.2 Å². The molecular formula is C29H32FN3O3. The Morgan fingerprint density at radius 1 is 1.03 bits per heavy atom. The maximum atomic E-state index is 14.3. The van der Waals surface area contributed by atoms with Gasteiger partial charge in [-0.1, -0.05) is 42.5 Å². The van der Waals surface area contributed by atoms with Gasteiger partial charge in [0.05, 0.1) is 13.7 Å². The second-order valence-electron chi connectivity index (χ2n) is 9.49. The smallest absolute Gasteiger partial charge is 0.321 e. The van der Waals surface area contributed by atoms with Crippen molar-refractivity contribution in [2.24, 2.45) is 0 Å². The molecule has 0 spiro atoms. The lowest BCUT2D eigenvalue weighted by molar-refractivity contribution is -0.0585. The van der Waals surface area contributed by atoms with Gasteiger partial charge in [-0.05, 0) is 60.8 Å². The Labute approximate surface area is 211 Å². The summed E-state index contributed by atoms with van der Waals surface area (Å²) in [5.41, 5.74) is 3.23. The summed E-state index contributed by atoms with van der Waals surface area (Å²) in [6, 6.07) is 22.0. The highest BCUT2D eigenvalue weighted by Gasteiger charge is 2.49. The van der Waals surface area contributed by atoms with Crippen LogP contribution in [0.2, 0.25) is 0 Å². The molecule has 0 bridgehead atoms. The van der Waals surface area contributed by atoms with Crippen molar-refractivity contribution in [3.05, 3.63) is 84.2 Å². The van der Waals surface area contributed by atoms with Crippen LogP contribution in [-0.2, 0) is 0 Å². The molecule has 3 aromatic rings. The normalized spacial score (nSPS) is 22.1. The summed E-state index contributed by atoms with van der Waals surface area (Å²) >= 11 is 0. The summed E-state index contributed by atoms with van der Waals surface area (Å²) in [5, 5.41) is 13.2. The molecule has 2 aliphatic heterocycles. The van der Waals surface area contributed by atoms with Crippen molar-refractivity contribution in [1.29, 1.82) is 0 Å². The third-order valence-corrected chi connectivity index (χ3v) is 7.48. The zero-order valence-corrected chi connectivity index (χ0v) is 20.4. The number of halogens is 1. The Morgan fingerprint density at radius 3 is 2.44 bits per heavy atom. The van der Waals surface area contributed by atoms with Crippen LogP contribution in [0.1, 0.15) is 24.3 Å². The predicted molar refractivity (Wildman–Crippen MR) is 139 cm³/mol. The van der Waals surface area contributed by atoms with Gasteiger partial charge in [-0.3, -0.25) is 4.90 Å². The minimum Gasteiger partial charge on any atom is -0.497 e. The number of methoxy groups -OCH3 is 1. The van der Waals surface area contributed by atoms with E-state index in [1.807, 2.05) is 59.5 Å². The van der Waals surface area contributed by atoms with E-state index in [1.165, 1.54) is 6.07 Å². The number of benzene rings is 3. The summed E-state index contributed by atoms with van der Waals surface area (Å²) in [4.78, 5) is 17.4. The molecule has 0 unspecified atom stereocenters. The van der Waals surface area contributed by atoms with Crippen molar-refractivity contribution < 1.29 is 19.0 Å². The van der Waals surface area contributed by atoms with Crippen LogP contribution in [-0.4, -0.2) is 66.4 Å². The number of carbonyl (C=O) groups is 1. The topological polar surface area (TPSA) is 65.0 Å². The van der Waals surface area contributed by atoms with Crippen LogP contribution in [0, 0.1) is 5.82 Å². The van der Waals surface area contributed by atoms with Crippen LogP contribution in [0.5, 0.6) is 5.75 Å². The zero-order chi connectivity index (χ0) is 25.1. The molecule has 7 heteroatoms. The number of urea groups is 1. The van der Waals surface area contributed by atoms with Crippen LogP contribution in [0.4, 0.5) is 14.9 Å². The highest BCUT2D eigenvalue weighted by molar-refractivity contribution is 5.89. The number of fused-ring (bicyclic) bond motifs is 1. The molecule has 6 nitrogen and oxygen atoms in total. The average Bonchev–Trinajstić information content (AvgIpc) is 2.89. The molecule has 36 heavy (non-hydrogen) atoms. The number of ether oxygens (including phenoxy) is 1. The number of nitrogens with zero attached hydrogens (tertiary/aromatic N) is 2. The number of anilines is 1. The number of nitrogens with one attached hydrogen (secondary N) is 1. The lowest BCUT2D eigenvalue weighted by atomic mass is 9.74. The van der Waals surface area contributed by atoms with Gasteiger partial charge in [-0.2, -0.15) is 0 Å². The second kappa shape index (κ2) is 10.7. The summed E-state index contributed by atoms with van der Waals surface area (Å²) in [6.45, 7) is 2.25. The number of amides is 2. The summed E-state index contributed by atoms with van der Waals surface area (Å²) in [6.07, 6.45) is 1.89. The van der Waals surface area contributed by atoms with E-state index < -0.39 is 0 Å². The molecule has 0 aromatic heterocycles. The average molecular weight is 490 g/mol. The standard InChI is InChI=1S/C29H32FN3O3/c1-36-23-14-12-22(13-15-23)31-29(35)32-16-4-5-17-33-26(18-32)28(27(33)19-34)21-10-8-20(9-11-21)24-6-2-3-7-25(24)30/h2-3,6-15,26-28,34H,4-5,16-19H2,1H3,(H,31,35)/t26-,27+,28-/m1/s1. The minimum atomic E-state index is -0.244. The summed E-state index contributed by atoms with van der Waals surface area (Å²) < 4.78 is 19.5. The highest BCUT2D eigenvalue weighted by Crippen LogP contribution is 2.42. The Bertz CT molecular complexity index is 1190. The Morgan fingerprint density at radius 2 is 1.75 bits per heavy atom. The van der Waals surface area contributed by atoms with Crippen molar-refractivity contribution in [1.82, 2.24) is 9.80 Å². The molecule has 2 amide bonds. The van der Waals surface area contributed by atoms with Crippen molar-refractivity contribution in [2.75, 3.05) is 38.7 Å². The first-order chi connectivity index (χ1) is 17.6. The van der Waals surface area contributed by atoms with Gasteiger partial charge in [0.2, 0.25) is 0 Å². The Kier molecular flexibility index (Phi) is 7.20. The van der Waals surface area contributed by atoms with Gasteiger partial charge in [0.1, 0.15) is 11.6 Å². The molecule has 2 heterocycles. The molecule has 2 saturated heterocycles. The molecule has 3 atom stereocenters. The van der Waals surface area contributed by atoms with E-state index in [0.717, 1.165) is 42.0 Å². The molecule has 2 N–H and O–H groups in total. The first kappa shape index (κ1) is 24.3. The molecule has 5 rings (SSSR count). The van der Waals surface area contributed by atoms with E-state index in [9.17, 15) is 14.3 Å². The maximum absolute atomic E-state index is 14.3. The summed E-state index contributed by atoms with van der Waals surface area (Å²) in [7, 11) is 1.61. The van der Waals surface area contributed by atoms with E-state index in [4.69, 9.17) is 4.74 Å². The molecule has 0 saturated carbocycles. The fraction of sp³-hybridized carbons (Fsp3) is 0.345. The van der Waals surface area contributed by atoms with E-state index >= 15 is 0 Å². The SMILES string of the molecule is COc1ccc(NC(=O)N2CCCCN3[C@H](C2)[C@@H](c2ccc(-c4ccccc4F)cc2)[C@@H]3CO)cc1. The number of rotatable bonds is 5. The monoisotopic (exact) mass is 489 g/mol. The number of carbonyl (C=O) groups excluding carboxylic acids is 1. The van der Waals surface area contributed by atoms with E-state index in [2.05, 4.69) is 10.2 Å². The number of aliphatic hydroxyl groups excluding tert-OH is 1. The van der Waals surface area contributed by atoms with Gasteiger partial charge in [0, 0.05) is 42.3 Å². The van der Waals surface area contributed by atoms with Gasteiger partial charge >= 0.3 is 6.03 Å². The maximum Gasteiger partial charge on any atom is 0.321 e. The second-order valence-corrected chi connectivity index (χ2v) is 9.49. The predicted octanol–water partition coefficient (Wildman–Crippen LogP) is 4.96. The van der Waals surface area contributed by atoms with Gasteiger partial charge in [-0.15, -0.1) is 0 Å². The van der Waals surface area contributed by atoms with Crippen LogP contribution in [0.3, 0.4) is 0 Å². The molecule has 0 radical (unpaired) electrons. The van der Waals surface area contributed by atoms with Gasteiger partial charge < -0.3 is 20.1 Å². The van der Waals surface area contributed by atoms with E-state index in [0.29, 0.717) is 18.7 Å². The van der Waals surface area contributed by atoms with Crippen LogP contribution in [0.15, 0.2) is 72.8 Å². The third kappa shape index (κ3) is 4.81. The molecule has 0 aliphatic carbocycles. The largest absolute Gasteiger partial charge is 0.497 e. The fourth-order valence-corrected chi connectivity index (χ4v) is 5.58. The Balaban J connectivity index is 1.33. The van der Waals surface area contributed by atoms with Crippen LogP contribution >= 0.6 is 0 Å². The summed E-state index contributed by atoms with van der Waals surface area (Å²) in [5.74, 6) is 0.592. The van der Waals surface area contributed by atoms with Gasteiger partial charge in [0.25, 0.3) is 0 Å². The van der Waals surface area contributed by atoms with Gasteiger partial charge in [0.15, 0.2) is 0 Å². The number of hydrogen-bond acceptors (Lipinski definition) is 4. The molecular weight excluding hydrogens is 457 g/mol. The van der Waals surface area contributed by atoms with Crippen molar-refractivity contribution in [2.45, 2.75) is 30.8 Å². The number of aliphatic hydroxyl groups is 1.